The van der Waals surface area contributed by atoms with Crippen LogP contribution in [0.4, 0.5) is 0 Å². The van der Waals surface area contributed by atoms with Crippen LogP contribution in [0.15, 0.2) is 54.6 Å². The van der Waals surface area contributed by atoms with Gasteiger partial charge in [0.1, 0.15) is 23.7 Å². The Morgan fingerprint density at radius 2 is 1.83 bits per heavy atom. The smallest absolute Gasteiger partial charge is 0.123 e. The van der Waals surface area contributed by atoms with Crippen LogP contribution in [0, 0.1) is 0 Å². The number of benzene rings is 2. The maximum absolute atomic E-state index is 6.08. The highest BCUT2D eigenvalue weighted by atomic mass is 16.5. The topological polar surface area (TPSA) is 30.5 Å². The second-order valence-electron chi connectivity index (χ2n) is 6.67. The van der Waals surface area contributed by atoms with E-state index < -0.39 is 0 Å². The van der Waals surface area contributed by atoms with Gasteiger partial charge in [0.05, 0.1) is 0 Å². The van der Waals surface area contributed by atoms with Crippen LogP contribution in [0.5, 0.6) is 11.5 Å². The molecule has 0 amide bonds. The first-order chi connectivity index (χ1) is 11.1. The number of hydrogen-bond acceptors (Lipinski definition) is 3. The lowest BCUT2D eigenvalue weighted by Crippen LogP contribution is -2.38. The molecule has 3 nitrogen and oxygen atoms in total. The van der Waals surface area contributed by atoms with Crippen molar-refractivity contribution in [1.82, 2.24) is 5.32 Å². The normalized spacial score (nSPS) is 18.8. The predicted molar refractivity (Wildman–Crippen MR) is 93.3 cm³/mol. The van der Waals surface area contributed by atoms with Gasteiger partial charge in [0.25, 0.3) is 0 Å². The van der Waals surface area contributed by atoms with Crippen molar-refractivity contribution in [2.24, 2.45) is 0 Å². The monoisotopic (exact) mass is 311 g/mol. The Kier molecular flexibility index (Phi) is 4.87. The fourth-order valence-corrected chi connectivity index (χ4v) is 3.17. The summed E-state index contributed by atoms with van der Waals surface area (Å²) in [4.78, 5) is 0. The second kappa shape index (κ2) is 7.05. The molecular weight excluding hydrogens is 286 g/mol. The summed E-state index contributed by atoms with van der Waals surface area (Å²) in [5, 5.41) is 3.52. The second-order valence-corrected chi connectivity index (χ2v) is 6.67. The number of hydrogen-bond donors (Lipinski definition) is 1. The highest BCUT2D eigenvalue weighted by molar-refractivity contribution is 5.39. The minimum absolute atomic E-state index is 0.110. The van der Waals surface area contributed by atoms with Gasteiger partial charge in [-0.3, -0.25) is 0 Å². The predicted octanol–water partition coefficient (Wildman–Crippen LogP) is 4.00. The summed E-state index contributed by atoms with van der Waals surface area (Å²) in [6, 6.07) is 18.3. The number of rotatable bonds is 6. The largest absolute Gasteiger partial charge is 0.492 e. The lowest BCUT2D eigenvalue weighted by molar-refractivity contribution is 0.0716. The van der Waals surface area contributed by atoms with Gasteiger partial charge in [0.2, 0.25) is 0 Å². The lowest BCUT2D eigenvalue weighted by Gasteiger charge is -2.37. The SMILES string of the molecule is CC1(C)CC(CNCCOc2ccccc2)c2ccccc2O1. The maximum Gasteiger partial charge on any atom is 0.123 e. The first-order valence-electron chi connectivity index (χ1n) is 8.30. The molecule has 0 saturated carbocycles. The number of nitrogens with one attached hydrogen (secondary N) is 1. The molecule has 2 aromatic rings. The van der Waals surface area contributed by atoms with Crippen LogP contribution >= 0.6 is 0 Å². The molecule has 23 heavy (non-hydrogen) atoms. The van der Waals surface area contributed by atoms with Gasteiger partial charge in [0, 0.05) is 19.0 Å². The summed E-state index contributed by atoms with van der Waals surface area (Å²) in [5.41, 5.74) is 1.20. The minimum atomic E-state index is -0.110. The first kappa shape index (κ1) is 15.9. The van der Waals surface area contributed by atoms with Crippen LogP contribution in [0.3, 0.4) is 0 Å². The quantitative estimate of drug-likeness (QED) is 0.818. The van der Waals surface area contributed by atoms with E-state index in [0.29, 0.717) is 12.5 Å². The van der Waals surface area contributed by atoms with Gasteiger partial charge < -0.3 is 14.8 Å². The molecule has 3 heteroatoms. The third-order valence-electron chi connectivity index (χ3n) is 4.16. The van der Waals surface area contributed by atoms with Crippen LogP contribution in [0.25, 0.3) is 0 Å². The summed E-state index contributed by atoms with van der Waals surface area (Å²) < 4.78 is 11.8. The molecule has 1 heterocycles. The van der Waals surface area contributed by atoms with E-state index >= 15 is 0 Å². The zero-order valence-corrected chi connectivity index (χ0v) is 13.9. The maximum atomic E-state index is 6.08. The zero-order valence-electron chi connectivity index (χ0n) is 13.9. The molecule has 1 atom stereocenters. The summed E-state index contributed by atoms with van der Waals surface area (Å²) in [7, 11) is 0. The average molecular weight is 311 g/mol. The van der Waals surface area contributed by atoms with E-state index in [4.69, 9.17) is 9.47 Å². The fourth-order valence-electron chi connectivity index (χ4n) is 3.17. The Morgan fingerprint density at radius 3 is 2.65 bits per heavy atom. The molecule has 1 aliphatic rings. The number of ether oxygens (including phenoxy) is 2. The van der Waals surface area contributed by atoms with Crippen LogP contribution < -0.4 is 14.8 Å². The van der Waals surface area contributed by atoms with Gasteiger partial charge in [-0.25, -0.2) is 0 Å². The molecule has 0 fully saturated rings. The van der Waals surface area contributed by atoms with E-state index in [9.17, 15) is 0 Å². The highest BCUT2D eigenvalue weighted by Gasteiger charge is 2.33. The van der Waals surface area contributed by atoms with Crippen LogP contribution in [0.1, 0.15) is 31.7 Å². The molecule has 0 spiro atoms. The third kappa shape index (κ3) is 4.26. The Bertz CT molecular complexity index is 625. The molecule has 0 aliphatic carbocycles. The molecule has 0 radical (unpaired) electrons. The number of fused-ring (bicyclic) bond motifs is 1. The third-order valence-corrected chi connectivity index (χ3v) is 4.16. The van der Waals surface area contributed by atoms with Crippen molar-refractivity contribution in [3.05, 3.63) is 60.2 Å². The molecule has 2 aromatic carbocycles. The van der Waals surface area contributed by atoms with E-state index in [2.05, 4.69) is 37.4 Å². The van der Waals surface area contributed by atoms with E-state index in [1.165, 1.54) is 5.56 Å². The Labute approximate surface area is 138 Å². The van der Waals surface area contributed by atoms with Gasteiger partial charge in [-0.05, 0) is 44.0 Å². The Hall–Kier alpha value is -2.00. The van der Waals surface area contributed by atoms with E-state index in [1.807, 2.05) is 36.4 Å². The van der Waals surface area contributed by atoms with Gasteiger partial charge in [0.15, 0.2) is 0 Å². The van der Waals surface area contributed by atoms with Crippen LogP contribution in [-0.4, -0.2) is 25.3 Å². The molecular formula is C20H25NO2. The van der Waals surface area contributed by atoms with E-state index in [0.717, 1.165) is 31.0 Å². The van der Waals surface area contributed by atoms with Gasteiger partial charge in [-0.1, -0.05) is 36.4 Å². The van der Waals surface area contributed by atoms with Crippen molar-refractivity contribution in [3.63, 3.8) is 0 Å². The highest BCUT2D eigenvalue weighted by Crippen LogP contribution is 2.40. The molecule has 122 valence electrons. The van der Waals surface area contributed by atoms with Crippen molar-refractivity contribution in [2.45, 2.75) is 31.8 Å². The Balaban J connectivity index is 1.50. The average Bonchev–Trinajstić information content (AvgIpc) is 2.54. The van der Waals surface area contributed by atoms with Crippen molar-refractivity contribution in [3.8, 4) is 11.5 Å². The van der Waals surface area contributed by atoms with E-state index in [-0.39, 0.29) is 5.60 Å². The van der Waals surface area contributed by atoms with Crippen molar-refractivity contribution >= 4 is 0 Å². The summed E-state index contributed by atoms with van der Waals surface area (Å²) in [5.74, 6) is 2.43. The molecule has 1 N–H and O–H groups in total. The molecule has 0 bridgehead atoms. The summed E-state index contributed by atoms with van der Waals surface area (Å²) >= 11 is 0. The molecule has 0 saturated heterocycles. The summed E-state index contributed by atoms with van der Waals surface area (Å²) in [6.07, 6.45) is 1.02. The van der Waals surface area contributed by atoms with Crippen molar-refractivity contribution in [1.29, 1.82) is 0 Å². The number of para-hydroxylation sites is 2. The molecule has 1 unspecified atom stereocenters. The standard InChI is InChI=1S/C20H25NO2/c1-20(2)14-16(18-10-6-7-11-19(18)23-20)15-21-12-13-22-17-8-4-3-5-9-17/h3-11,16,21H,12-15H2,1-2H3. The van der Waals surface area contributed by atoms with Crippen LogP contribution in [0.2, 0.25) is 0 Å². The fraction of sp³-hybridized carbons (Fsp3) is 0.400. The summed E-state index contributed by atoms with van der Waals surface area (Å²) in [6.45, 7) is 6.79. The molecule has 1 aliphatic heterocycles. The van der Waals surface area contributed by atoms with Crippen LogP contribution in [-0.2, 0) is 0 Å². The van der Waals surface area contributed by atoms with Crippen molar-refractivity contribution in [2.75, 3.05) is 19.7 Å². The van der Waals surface area contributed by atoms with Gasteiger partial charge >= 0.3 is 0 Å². The van der Waals surface area contributed by atoms with Gasteiger partial charge in [-0.2, -0.15) is 0 Å². The zero-order chi connectivity index (χ0) is 16.1. The van der Waals surface area contributed by atoms with Crippen molar-refractivity contribution < 1.29 is 9.47 Å². The van der Waals surface area contributed by atoms with Gasteiger partial charge in [-0.15, -0.1) is 0 Å². The Morgan fingerprint density at radius 1 is 1.09 bits per heavy atom. The minimum Gasteiger partial charge on any atom is -0.492 e. The first-order valence-corrected chi connectivity index (χ1v) is 8.30. The lowest BCUT2D eigenvalue weighted by atomic mass is 9.84. The van der Waals surface area contributed by atoms with E-state index in [1.54, 1.807) is 0 Å². The molecule has 0 aromatic heterocycles. The molecule has 3 rings (SSSR count).